The minimum absolute atomic E-state index is 0. The molecule has 0 N–H and O–H groups in total. The van der Waals surface area contributed by atoms with Gasteiger partial charge in [0, 0.05) is 17.9 Å². The van der Waals surface area contributed by atoms with Gasteiger partial charge in [0.1, 0.15) is 0 Å². The summed E-state index contributed by atoms with van der Waals surface area (Å²) in [5, 5.41) is 26.7. The fraction of sp³-hybridized carbons (Fsp3) is 0.500. The van der Waals surface area contributed by atoms with E-state index in [1.54, 1.807) is 0 Å². The maximum atomic E-state index is 8.89. The van der Waals surface area contributed by atoms with E-state index in [1.807, 2.05) is 0 Å². The standard InChI is InChI=1S/3C2H4O2.Ca.K.Mn/c3*1-2(3)4;;;/h3*1H3,(H,3,4);;;/q;;;+2;+1;+2/p-3. The molecule has 15 heavy (non-hydrogen) atoms. The Morgan fingerprint density at radius 2 is 0.733 bits per heavy atom. The van der Waals surface area contributed by atoms with Crippen LogP contribution in [0.1, 0.15) is 20.8 Å². The van der Waals surface area contributed by atoms with E-state index in [4.69, 9.17) is 29.7 Å². The average molecular weight is 311 g/mol. The summed E-state index contributed by atoms with van der Waals surface area (Å²) in [7, 11) is 0. The van der Waals surface area contributed by atoms with Crippen LogP contribution in [0.4, 0.5) is 0 Å². The van der Waals surface area contributed by atoms with Gasteiger partial charge in [-0.3, -0.25) is 0 Å². The van der Waals surface area contributed by atoms with Gasteiger partial charge in [0.2, 0.25) is 0 Å². The Kier molecular flexibility index (Phi) is 71.2. The van der Waals surface area contributed by atoms with Crippen molar-refractivity contribution in [2.24, 2.45) is 0 Å². The summed E-state index contributed by atoms with van der Waals surface area (Å²) in [6.07, 6.45) is 0. The maximum Gasteiger partial charge on any atom is 2.00 e. The van der Waals surface area contributed by atoms with Crippen LogP contribution < -0.4 is 66.7 Å². The Morgan fingerprint density at radius 1 is 0.733 bits per heavy atom. The summed E-state index contributed by atoms with van der Waals surface area (Å²) >= 11 is 0. The van der Waals surface area contributed by atoms with Crippen molar-refractivity contribution >= 4 is 55.6 Å². The predicted molar refractivity (Wildman–Crippen MR) is 37.8 cm³/mol. The largest absolute Gasteiger partial charge is 2.00 e. The smallest absolute Gasteiger partial charge is 0.550 e. The molecule has 6 nitrogen and oxygen atoms in total. The van der Waals surface area contributed by atoms with Gasteiger partial charge >= 0.3 is 106 Å². The number of carboxylic acids is 3. The van der Waals surface area contributed by atoms with Gasteiger partial charge in [-0.1, -0.05) is 0 Å². The number of hydrogen-bond donors (Lipinski definition) is 0. The van der Waals surface area contributed by atoms with Crippen molar-refractivity contribution in [2.45, 2.75) is 20.8 Å². The first kappa shape index (κ1) is 36.0. The van der Waals surface area contributed by atoms with E-state index in [0.717, 1.165) is 20.8 Å². The molecule has 0 heterocycles. The molecule has 0 rings (SSSR count). The van der Waals surface area contributed by atoms with Crippen molar-refractivity contribution in [2.75, 3.05) is 0 Å². The van der Waals surface area contributed by atoms with Gasteiger partial charge in [-0.25, -0.2) is 0 Å². The van der Waals surface area contributed by atoms with Gasteiger partial charge in [0.25, 0.3) is 0 Å². The summed E-state index contributed by atoms with van der Waals surface area (Å²) in [6.45, 7) is 2.92. The van der Waals surface area contributed by atoms with Crippen LogP contribution >= 0.6 is 0 Å². The van der Waals surface area contributed by atoms with Crippen LogP contribution in [-0.2, 0) is 31.5 Å². The molecule has 1 radical (unpaired) electrons. The molecular formula is C6H9CaKMnO6+2. The first-order valence-electron chi connectivity index (χ1n) is 2.72. The Balaban J connectivity index is -0.0000000184. The second-order valence-electron chi connectivity index (χ2n) is 1.47. The molecule has 0 atom stereocenters. The molecule has 0 aliphatic heterocycles. The third-order valence-electron chi connectivity index (χ3n) is 0. The molecule has 0 aliphatic rings. The molecule has 0 fully saturated rings. The summed E-state index contributed by atoms with van der Waals surface area (Å²) in [4.78, 5) is 26.7. The summed E-state index contributed by atoms with van der Waals surface area (Å²) in [5.41, 5.74) is 0. The third kappa shape index (κ3) is 908. The fourth-order valence-corrected chi connectivity index (χ4v) is 0. The normalized spacial score (nSPS) is 5.00. The Labute approximate surface area is 171 Å². The van der Waals surface area contributed by atoms with Crippen LogP contribution in [-0.4, -0.2) is 55.6 Å². The first-order chi connectivity index (χ1) is 5.20. The van der Waals surface area contributed by atoms with Crippen molar-refractivity contribution < 1.29 is 98.2 Å². The molecular weight excluding hydrogens is 302 g/mol. The Bertz CT molecular complexity index is 125. The third-order valence-corrected chi connectivity index (χ3v) is 0. The zero-order chi connectivity index (χ0) is 10.7. The van der Waals surface area contributed by atoms with Crippen molar-refractivity contribution in [3.63, 3.8) is 0 Å². The van der Waals surface area contributed by atoms with E-state index in [0.29, 0.717) is 0 Å². The van der Waals surface area contributed by atoms with Crippen LogP contribution in [0.5, 0.6) is 0 Å². The Morgan fingerprint density at radius 3 is 0.733 bits per heavy atom. The molecule has 0 saturated heterocycles. The predicted octanol–water partition coefficient (Wildman–Crippen LogP) is -7.11. The van der Waals surface area contributed by atoms with Gasteiger partial charge in [0.15, 0.2) is 0 Å². The van der Waals surface area contributed by atoms with Crippen LogP contribution in [0.25, 0.3) is 0 Å². The number of rotatable bonds is 0. The van der Waals surface area contributed by atoms with Gasteiger partial charge < -0.3 is 29.7 Å². The van der Waals surface area contributed by atoms with Crippen molar-refractivity contribution in [3.05, 3.63) is 0 Å². The number of carboxylic acid groups (broad SMARTS) is 3. The molecule has 0 amide bonds. The fourth-order valence-electron chi connectivity index (χ4n) is 0. The number of carbonyl (C=O) groups is 3. The van der Waals surface area contributed by atoms with Gasteiger partial charge in [-0.2, -0.15) is 0 Å². The number of hydrogen-bond acceptors (Lipinski definition) is 6. The first-order valence-corrected chi connectivity index (χ1v) is 2.72. The molecule has 9 heteroatoms. The average Bonchev–Trinajstić information content (AvgIpc) is 1.54. The molecule has 0 saturated carbocycles. The van der Waals surface area contributed by atoms with E-state index in [-0.39, 0.29) is 106 Å². The molecule has 0 aromatic heterocycles. The van der Waals surface area contributed by atoms with Crippen LogP contribution in [0.15, 0.2) is 0 Å². The monoisotopic (exact) mass is 311 g/mol. The van der Waals surface area contributed by atoms with Gasteiger partial charge in [0.05, 0.1) is 0 Å². The van der Waals surface area contributed by atoms with Crippen LogP contribution in [0.3, 0.4) is 0 Å². The summed E-state index contributed by atoms with van der Waals surface area (Å²) in [6, 6.07) is 0. The van der Waals surface area contributed by atoms with E-state index in [2.05, 4.69) is 0 Å². The summed E-state index contributed by atoms with van der Waals surface area (Å²) in [5.74, 6) is -3.25. The molecule has 0 unspecified atom stereocenters. The van der Waals surface area contributed by atoms with Gasteiger partial charge in [-0.05, 0) is 20.8 Å². The number of aliphatic carboxylic acids is 3. The molecule has 0 aromatic rings. The van der Waals surface area contributed by atoms with E-state index in [1.165, 1.54) is 0 Å². The molecule has 0 aromatic carbocycles. The minimum Gasteiger partial charge on any atom is -0.550 e. The minimum atomic E-state index is -1.08. The molecule has 0 aliphatic carbocycles. The zero-order valence-electron chi connectivity index (χ0n) is 9.03. The van der Waals surface area contributed by atoms with Crippen LogP contribution in [0, 0.1) is 0 Å². The van der Waals surface area contributed by atoms with E-state index < -0.39 is 17.9 Å². The molecule has 0 bridgehead atoms. The maximum absolute atomic E-state index is 8.89. The molecule has 77 valence electrons. The quantitative estimate of drug-likeness (QED) is 0.410. The van der Waals surface area contributed by atoms with Crippen molar-refractivity contribution in [1.82, 2.24) is 0 Å². The second-order valence-corrected chi connectivity index (χ2v) is 1.47. The second kappa shape index (κ2) is 29.7. The molecule has 0 spiro atoms. The van der Waals surface area contributed by atoms with Gasteiger partial charge in [-0.15, -0.1) is 0 Å². The van der Waals surface area contributed by atoms with E-state index >= 15 is 0 Å². The van der Waals surface area contributed by atoms with Crippen molar-refractivity contribution in [3.8, 4) is 0 Å². The van der Waals surface area contributed by atoms with E-state index in [9.17, 15) is 0 Å². The van der Waals surface area contributed by atoms with Crippen molar-refractivity contribution in [1.29, 1.82) is 0 Å². The zero-order valence-corrected chi connectivity index (χ0v) is 15.5. The summed E-state index contributed by atoms with van der Waals surface area (Å²) < 4.78 is 0. The Hall–Kier alpha value is 1.83. The number of carbonyl (C=O) groups excluding carboxylic acids is 3. The van der Waals surface area contributed by atoms with Crippen LogP contribution in [0.2, 0.25) is 0 Å². The SMILES string of the molecule is CC(=O)[O-].CC(=O)[O-].CC(=O)[O-].[Ca+2].[K+].[Mn+2]. The topological polar surface area (TPSA) is 120 Å².